The summed E-state index contributed by atoms with van der Waals surface area (Å²) in [4.78, 5) is 14.8. The van der Waals surface area contributed by atoms with E-state index >= 15 is 0 Å². The van der Waals surface area contributed by atoms with Crippen LogP contribution in [0.3, 0.4) is 0 Å². The number of H-pyrrole nitrogens is 1. The van der Waals surface area contributed by atoms with E-state index in [1.54, 1.807) is 6.20 Å². The van der Waals surface area contributed by atoms with Gasteiger partial charge in [0.25, 0.3) is 0 Å². The van der Waals surface area contributed by atoms with Crippen LogP contribution in [0.4, 0.5) is 10.5 Å². The fourth-order valence-corrected chi connectivity index (χ4v) is 1.78. The molecule has 0 saturated heterocycles. The summed E-state index contributed by atoms with van der Waals surface area (Å²) in [5.74, 6) is 0. The van der Waals surface area contributed by atoms with Gasteiger partial charge in [0.05, 0.1) is 12.2 Å². The van der Waals surface area contributed by atoms with Gasteiger partial charge in [-0.3, -0.25) is 0 Å². The fraction of sp³-hybridized carbons (Fsp3) is 0.308. The lowest BCUT2D eigenvalue weighted by Gasteiger charge is -2.14. The summed E-state index contributed by atoms with van der Waals surface area (Å²) in [6.45, 7) is 0.279. The van der Waals surface area contributed by atoms with Crippen LogP contribution in [-0.4, -0.2) is 38.1 Å². The van der Waals surface area contributed by atoms with Gasteiger partial charge in [-0.15, -0.1) is 0 Å². The maximum Gasteiger partial charge on any atom is 0.319 e. The number of hydrogen-bond donors (Lipinski definition) is 3. The zero-order chi connectivity index (χ0) is 13.7. The number of rotatable bonds is 5. The molecule has 1 heterocycles. The summed E-state index contributed by atoms with van der Waals surface area (Å²) in [5, 5.41) is 6.42. The van der Waals surface area contributed by atoms with E-state index in [-0.39, 0.29) is 12.6 Å². The first kappa shape index (κ1) is 13.4. The first-order valence-corrected chi connectivity index (χ1v) is 5.91. The van der Waals surface area contributed by atoms with E-state index < -0.39 is 6.29 Å². The highest BCUT2D eigenvalue weighted by Crippen LogP contribution is 2.22. The number of carbonyl (C=O) groups excluding carboxylic acids is 1. The molecule has 0 bridgehead atoms. The molecule has 2 amide bonds. The molecule has 6 heteroatoms. The van der Waals surface area contributed by atoms with Crippen LogP contribution < -0.4 is 10.6 Å². The lowest BCUT2D eigenvalue weighted by atomic mass is 10.2. The predicted molar refractivity (Wildman–Crippen MR) is 73.1 cm³/mol. The molecule has 2 aromatic rings. The van der Waals surface area contributed by atoms with E-state index in [9.17, 15) is 4.79 Å². The first-order valence-electron chi connectivity index (χ1n) is 5.91. The van der Waals surface area contributed by atoms with Gasteiger partial charge < -0.3 is 25.1 Å². The average Bonchev–Trinajstić information content (AvgIpc) is 2.83. The quantitative estimate of drug-likeness (QED) is 0.721. The van der Waals surface area contributed by atoms with Crippen molar-refractivity contribution < 1.29 is 14.3 Å². The maximum atomic E-state index is 11.7. The molecule has 0 radical (unpaired) electrons. The Labute approximate surface area is 111 Å². The molecule has 0 unspecified atom stereocenters. The number of urea groups is 1. The van der Waals surface area contributed by atoms with Crippen LogP contribution in [0.15, 0.2) is 30.5 Å². The van der Waals surface area contributed by atoms with Crippen LogP contribution in [0.1, 0.15) is 0 Å². The van der Waals surface area contributed by atoms with Crippen LogP contribution in [-0.2, 0) is 9.47 Å². The number of carbonyl (C=O) groups is 1. The van der Waals surface area contributed by atoms with E-state index in [1.165, 1.54) is 14.2 Å². The van der Waals surface area contributed by atoms with Crippen LogP contribution in [0.25, 0.3) is 10.9 Å². The van der Waals surface area contributed by atoms with Gasteiger partial charge in [0.2, 0.25) is 0 Å². The Morgan fingerprint density at radius 1 is 1.32 bits per heavy atom. The van der Waals surface area contributed by atoms with Crippen molar-refractivity contribution in [1.29, 1.82) is 0 Å². The van der Waals surface area contributed by atoms with Crippen LogP contribution >= 0.6 is 0 Å². The van der Waals surface area contributed by atoms with Crippen LogP contribution in [0, 0.1) is 0 Å². The first-order chi connectivity index (χ1) is 9.24. The van der Waals surface area contributed by atoms with E-state index in [4.69, 9.17) is 9.47 Å². The van der Waals surface area contributed by atoms with Gasteiger partial charge >= 0.3 is 6.03 Å². The van der Waals surface area contributed by atoms with Crippen LogP contribution in [0.2, 0.25) is 0 Å². The zero-order valence-electron chi connectivity index (χ0n) is 10.9. The average molecular weight is 263 g/mol. The number of fused-ring (bicyclic) bond motifs is 1. The number of methoxy groups -OCH3 is 2. The molecule has 0 saturated carbocycles. The number of amides is 2. The van der Waals surface area contributed by atoms with Crippen molar-refractivity contribution in [3.63, 3.8) is 0 Å². The van der Waals surface area contributed by atoms with E-state index in [0.717, 1.165) is 16.6 Å². The van der Waals surface area contributed by atoms with Crippen LogP contribution in [0.5, 0.6) is 0 Å². The smallest absolute Gasteiger partial charge is 0.319 e. The Hall–Kier alpha value is -2.05. The minimum absolute atomic E-state index is 0.279. The molecule has 1 aromatic heterocycles. The summed E-state index contributed by atoms with van der Waals surface area (Å²) < 4.78 is 9.97. The summed E-state index contributed by atoms with van der Waals surface area (Å²) in [7, 11) is 3.04. The van der Waals surface area contributed by atoms with Gasteiger partial charge in [-0.05, 0) is 6.07 Å². The molecule has 0 aliphatic heterocycles. The Balaban J connectivity index is 1.95. The topological polar surface area (TPSA) is 75.4 Å². The number of aromatic amines is 1. The van der Waals surface area contributed by atoms with E-state index in [2.05, 4.69) is 15.6 Å². The normalized spacial score (nSPS) is 10.9. The van der Waals surface area contributed by atoms with Gasteiger partial charge in [-0.2, -0.15) is 0 Å². The Kier molecular flexibility index (Phi) is 4.38. The van der Waals surface area contributed by atoms with Gasteiger partial charge in [0, 0.05) is 31.3 Å². The molecular formula is C13H17N3O3. The Morgan fingerprint density at radius 2 is 2.05 bits per heavy atom. The summed E-state index contributed by atoms with van der Waals surface area (Å²) >= 11 is 0. The second-order valence-electron chi connectivity index (χ2n) is 3.98. The molecule has 1 aromatic carbocycles. The van der Waals surface area contributed by atoms with Crippen molar-refractivity contribution in [2.75, 3.05) is 26.1 Å². The van der Waals surface area contributed by atoms with Crippen molar-refractivity contribution in [1.82, 2.24) is 10.3 Å². The second-order valence-corrected chi connectivity index (χ2v) is 3.98. The molecule has 102 valence electrons. The highest BCUT2D eigenvalue weighted by atomic mass is 16.7. The molecular weight excluding hydrogens is 246 g/mol. The summed E-state index contributed by atoms with van der Waals surface area (Å²) in [6, 6.07) is 7.44. The number of para-hydroxylation sites is 1. The fourth-order valence-electron chi connectivity index (χ4n) is 1.78. The number of hydrogen-bond acceptors (Lipinski definition) is 3. The lowest BCUT2D eigenvalue weighted by Crippen LogP contribution is -2.36. The minimum atomic E-state index is -0.450. The number of anilines is 1. The monoisotopic (exact) mass is 263 g/mol. The Morgan fingerprint density at radius 3 is 2.79 bits per heavy atom. The molecule has 0 fully saturated rings. The predicted octanol–water partition coefficient (Wildman–Crippen LogP) is 1.91. The third-order valence-corrected chi connectivity index (χ3v) is 2.79. The Bertz CT molecular complexity index is 549. The van der Waals surface area contributed by atoms with Crippen molar-refractivity contribution in [3.8, 4) is 0 Å². The number of ether oxygens (including phenoxy) is 2. The second kappa shape index (κ2) is 6.21. The molecule has 19 heavy (non-hydrogen) atoms. The minimum Gasteiger partial charge on any atom is -0.359 e. The van der Waals surface area contributed by atoms with Crippen molar-refractivity contribution >= 4 is 22.6 Å². The highest BCUT2D eigenvalue weighted by molar-refractivity contribution is 6.00. The number of aromatic nitrogens is 1. The van der Waals surface area contributed by atoms with E-state index in [0.29, 0.717) is 0 Å². The van der Waals surface area contributed by atoms with Crippen molar-refractivity contribution in [2.24, 2.45) is 0 Å². The molecule has 0 aliphatic rings. The van der Waals surface area contributed by atoms with Crippen molar-refractivity contribution in [2.45, 2.75) is 6.29 Å². The number of benzene rings is 1. The third-order valence-electron chi connectivity index (χ3n) is 2.79. The van der Waals surface area contributed by atoms with E-state index in [1.807, 2.05) is 24.3 Å². The summed E-state index contributed by atoms with van der Waals surface area (Å²) in [6.07, 6.45) is 1.31. The molecule has 2 rings (SSSR count). The SMILES string of the molecule is COC(CNC(=O)Nc1c[nH]c2ccccc12)OC. The molecule has 3 N–H and O–H groups in total. The molecule has 6 nitrogen and oxygen atoms in total. The zero-order valence-corrected chi connectivity index (χ0v) is 10.9. The maximum absolute atomic E-state index is 11.7. The lowest BCUT2D eigenvalue weighted by molar-refractivity contribution is -0.0970. The van der Waals surface area contributed by atoms with Gasteiger partial charge in [-0.25, -0.2) is 4.79 Å². The van der Waals surface area contributed by atoms with Crippen molar-refractivity contribution in [3.05, 3.63) is 30.5 Å². The summed E-state index contributed by atoms with van der Waals surface area (Å²) in [5.41, 5.74) is 1.71. The highest BCUT2D eigenvalue weighted by Gasteiger charge is 2.09. The standard InChI is InChI=1S/C13H17N3O3/c1-18-12(19-2)8-15-13(17)16-11-7-14-10-6-4-3-5-9(10)11/h3-7,12,14H,8H2,1-2H3,(H2,15,16,17). The van der Waals surface area contributed by atoms with Gasteiger partial charge in [0.15, 0.2) is 6.29 Å². The van der Waals surface area contributed by atoms with Gasteiger partial charge in [0.1, 0.15) is 0 Å². The molecule has 0 aliphatic carbocycles. The number of nitrogens with one attached hydrogen (secondary N) is 3. The largest absolute Gasteiger partial charge is 0.359 e. The molecule has 0 spiro atoms. The van der Waals surface area contributed by atoms with Gasteiger partial charge in [-0.1, -0.05) is 18.2 Å². The molecule has 0 atom stereocenters. The third kappa shape index (κ3) is 3.24.